The van der Waals surface area contributed by atoms with E-state index in [4.69, 9.17) is 5.11 Å². The van der Waals surface area contributed by atoms with Crippen molar-refractivity contribution in [1.29, 1.82) is 0 Å². The van der Waals surface area contributed by atoms with Gasteiger partial charge in [0.05, 0.1) is 0 Å². The molecule has 0 fully saturated rings. The first-order chi connectivity index (χ1) is 9.90. The number of rotatable bonds is 7. The molecular weight excluding hydrogens is 272 g/mol. The summed E-state index contributed by atoms with van der Waals surface area (Å²) >= 11 is 0. The first-order valence-electron chi connectivity index (χ1n) is 6.74. The molecule has 6 heteroatoms. The van der Waals surface area contributed by atoms with E-state index in [0.717, 1.165) is 5.56 Å². The molecule has 1 aromatic rings. The molecule has 0 radical (unpaired) electrons. The molecule has 3 N–H and O–H groups in total. The van der Waals surface area contributed by atoms with Crippen molar-refractivity contribution < 1.29 is 19.5 Å². The van der Waals surface area contributed by atoms with Crippen LogP contribution in [0.5, 0.6) is 0 Å². The largest absolute Gasteiger partial charge is 0.480 e. The highest BCUT2D eigenvalue weighted by molar-refractivity contribution is 5.89. The van der Waals surface area contributed by atoms with E-state index in [1.165, 1.54) is 13.8 Å². The van der Waals surface area contributed by atoms with Gasteiger partial charge in [0.15, 0.2) is 0 Å². The van der Waals surface area contributed by atoms with E-state index in [1.54, 1.807) is 0 Å². The maximum atomic E-state index is 11.8. The van der Waals surface area contributed by atoms with Crippen LogP contribution in [0, 0.1) is 0 Å². The SMILES string of the molecule is CC(=O)NC(C)C(=O)NC(CCc1ccccc1)C(=O)O. The van der Waals surface area contributed by atoms with Gasteiger partial charge in [-0.15, -0.1) is 0 Å². The molecule has 1 rings (SSSR count). The van der Waals surface area contributed by atoms with Crippen LogP contribution in [0.3, 0.4) is 0 Å². The fourth-order valence-corrected chi connectivity index (χ4v) is 1.88. The predicted molar refractivity (Wildman–Crippen MR) is 77.6 cm³/mol. The Hall–Kier alpha value is -2.37. The maximum Gasteiger partial charge on any atom is 0.326 e. The Balaban J connectivity index is 2.55. The quantitative estimate of drug-likeness (QED) is 0.690. The number of carboxylic acid groups (broad SMARTS) is 1. The van der Waals surface area contributed by atoms with Gasteiger partial charge < -0.3 is 15.7 Å². The van der Waals surface area contributed by atoms with Gasteiger partial charge in [0.2, 0.25) is 11.8 Å². The van der Waals surface area contributed by atoms with E-state index >= 15 is 0 Å². The standard InChI is InChI=1S/C15H20N2O4/c1-10(16-11(2)18)14(19)17-13(15(20)21)9-8-12-6-4-3-5-7-12/h3-7,10,13H,8-9H2,1-2H3,(H,16,18)(H,17,19)(H,20,21). The Kier molecular flexibility index (Phi) is 6.39. The summed E-state index contributed by atoms with van der Waals surface area (Å²) in [6.07, 6.45) is 0.838. The second kappa shape index (κ2) is 8.04. The minimum absolute atomic E-state index is 0.290. The monoisotopic (exact) mass is 292 g/mol. The van der Waals surface area contributed by atoms with Gasteiger partial charge in [-0.05, 0) is 25.3 Å². The molecule has 0 aromatic heterocycles. The lowest BCUT2D eigenvalue weighted by Crippen LogP contribution is -2.50. The van der Waals surface area contributed by atoms with Gasteiger partial charge >= 0.3 is 5.97 Å². The fourth-order valence-electron chi connectivity index (χ4n) is 1.88. The summed E-state index contributed by atoms with van der Waals surface area (Å²) in [5.74, 6) is -1.94. The van der Waals surface area contributed by atoms with Gasteiger partial charge in [-0.2, -0.15) is 0 Å². The summed E-state index contributed by atoms with van der Waals surface area (Å²) in [4.78, 5) is 33.9. The third kappa shape index (κ3) is 6.07. The second-order valence-electron chi connectivity index (χ2n) is 4.85. The van der Waals surface area contributed by atoms with E-state index in [0.29, 0.717) is 6.42 Å². The molecule has 0 spiro atoms. The lowest BCUT2D eigenvalue weighted by Gasteiger charge is -2.18. The molecule has 2 atom stereocenters. The van der Waals surface area contributed by atoms with Crippen LogP contribution in [0.2, 0.25) is 0 Å². The van der Waals surface area contributed by atoms with E-state index in [1.807, 2.05) is 30.3 Å². The van der Waals surface area contributed by atoms with Crippen molar-refractivity contribution in [2.75, 3.05) is 0 Å². The number of aryl methyl sites for hydroxylation is 1. The summed E-state index contributed by atoms with van der Waals surface area (Å²) in [5, 5.41) is 14.0. The van der Waals surface area contributed by atoms with Crippen molar-refractivity contribution in [3.05, 3.63) is 35.9 Å². The number of hydrogen-bond donors (Lipinski definition) is 3. The molecule has 0 saturated heterocycles. The van der Waals surface area contributed by atoms with Gasteiger partial charge in [-0.3, -0.25) is 9.59 Å². The zero-order chi connectivity index (χ0) is 15.8. The molecule has 0 aliphatic rings. The average Bonchev–Trinajstić information content (AvgIpc) is 2.43. The number of carbonyl (C=O) groups is 3. The molecule has 0 heterocycles. The third-order valence-corrected chi connectivity index (χ3v) is 2.99. The number of carboxylic acids is 1. The zero-order valence-corrected chi connectivity index (χ0v) is 12.1. The summed E-state index contributed by atoms with van der Waals surface area (Å²) in [5.41, 5.74) is 1.01. The average molecular weight is 292 g/mol. The Morgan fingerprint density at radius 2 is 1.76 bits per heavy atom. The van der Waals surface area contributed by atoms with Gasteiger partial charge in [-0.1, -0.05) is 30.3 Å². The predicted octanol–water partition coefficient (Wildman–Crippen LogP) is 0.713. The summed E-state index contributed by atoms with van der Waals surface area (Å²) in [6, 6.07) is 7.71. The van der Waals surface area contributed by atoms with E-state index in [2.05, 4.69) is 10.6 Å². The van der Waals surface area contributed by atoms with E-state index < -0.39 is 24.0 Å². The molecule has 0 aliphatic heterocycles. The molecule has 21 heavy (non-hydrogen) atoms. The van der Waals surface area contributed by atoms with Crippen molar-refractivity contribution >= 4 is 17.8 Å². The molecule has 6 nitrogen and oxygen atoms in total. The number of carbonyl (C=O) groups excluding carboxylic acids is 2. The number of aliphatic carboxylic acids is 1. The summed E-state index contributed by atoms with van der Waals surface area (Å²) in [7, 11) is 0. The topological polar surface area (TPSA) is 95.5 Å². The Morgan fingerprint density at radius 1 is 1.14 bits per heavy atom. The number of benzene rings is 1. The van der Waals surface area contributed by atoms with Crippen molar-refractivity contribution in [1.82, 2.24) is 10.6 Å². The highest BCUT2D eigenvalue weighted by atomic mass is 16.4. The number of hydrogen-bond acceptors (Lipinski definition) is 3. The molecule has 0 aliphatic carbocycles. The van der Waals surface area contributed by atoms with Crippen LogP contribution < -0.4 is 10.6 Å². The minimum atomic E-state index is -1.09. The normalized spacial score (nSPS) is 13.0. The van der Waals surface area contributed by atoms with Crippen LogP contribution in [-0.4, -0.2) is 35.0 Å². The highest BCUT2D eigenvalue weighted by Gasteiger charge is 2.23. The van der Waals surface area contributed by atoms with E-state index in [9.17, 15) is 14.4 Å². The van der Waals surface area contributed by atoms with Crippen LogP contribution in [0.15, 0.2) is 30.3 Å². The molecule has 114 valence electrons. The van der Waals surface area contributed by atoms with Crippen LogP contribution in [-0.2, 0) is 20.8 Å². The van der Waals surface area contributed by atoms with Crippen LogP contribution >= 0.6 is 0 Å². The van der Waals surface area contributed by atoms with Gasteiger partial charge in [0, 0.05) is 6.92 Å². The fraction of sp³-hybridized carbons (Fsp3) is 0.400. The molecule has 0 saturated carbocycles. The molecule has 0 bridgehead atoms. The van der Waals surface area contributed by atoms with E-state index in [-0.39, 0.29) is 12.3 Å². The number of nitrogens with one attached hydrogen (secondary N) is 2. The van der Waals surface area contributed by atoms with Crippen molar-refractivity contribution in [2.45, 2.75) is 38.8 Å². The highest BCUT2D eigenvalue weighted by Crippen LogP contribution is 2.05. The van der Waals surface area contributed by atoms with Crippen molar-refractivity contribution in [3.63, 3.8) is 0 Å². The van der Waals surface area contributed by atoms with Crippen molar-refractivity contribution in [2.24, 2.45) is 0 Å². The second-order valence-corrected chi connectivity index (χ2v) is 4.85. The summed E-state index contributed by atoms with van der Waals surface area (Å²) in [6.45, 7) is 2.81. The van der Waals surface area contributed by atoms with Gasteiger partial charge in [-0.25, -0.2) is 4.79 Å². The zero-order valence-electron chi connectivity index (χ0n) is 12.1. The van der Waals surface area contributed by atoms with Crippen molar-refractivity contribution in [3.8, 4) is 0 Å². The van der Waals surface area contributed by atoms with Crippen LogP contribution in [0.1, 0.15) is 25.8 Å². The molecule has 2 unspecified atom stereocenters. The third-order valence-electron chi connectivity index (χ3n) is 2.99. The molecular formula is C15H20N2O4. The van der Waals surface area contributed by atoms with Gasteiger partial charge in [0.1, 0.15) is 12.1 Å². The maximum absolute atomic E-state index is 11.8. The van der Waals surface area contributed by atoms with Crippen LogP contribution in [0.25, 0.3) is 0 Å². The smallest absolute Gasteiger partial charge is 0.326 e. The van der Waals surface area contributed by atoms with Crippen LogP contribution in [0.4, 0.5) is 0 Å². The lowest BCUT2D eigenvalue weighted by atomic mass is 10.0. The van der Waals surface area contributed by atoms with Gasteiger partial charge in [0.25, 0.3) is 0 Å². The lowest BCUT2D eigenvalue weighted by molar-refractivity contribution is -0.142. The Morgan fingerprint density at radius 3 is 2.29 bits per heavy atom. The molecule has 1 aromatic carbocycles. The minimum Gasteiger partial charge on any atom is -0.480 e. The molecule has 2 amide bonds. The number of amides is 2. The first-order valence-corrected chi connectivity index (χ1v) is 6.74. The Labute approximate surface area is 123 Å². The Bertz CT molecular complexity index is 502. The first kappa shape index (κ1) is 16.7. The summed E-state index contributed by atoms with van der Waals surface area (Å²) < 4.78 is 0.